The van der Waals surface area contributed by atoms with Crippen LogP contribution >= 0.6 is 0 Å². The summed E-state index contributed by atoms with van der Waals surface area (Å²) in [5, 5.41) is 11.3. The van der Waals surface area contributed by atoms with Crippen LogP contribution < -0.4 is 5.73 Å². The third-order valence-electron chi connectivity index (χ3n) is 5.18. The van der Waals surface area contributed by atoms with Crippen molar-refractivity contribution in [3.05, 3.63) is 94.5 Å². The van der Waals surface area contributed by atoms with E-state index in [2.05, 4.69) is 4.98 Å². The number of aromatic nitrogens is 2. The second-order valence-corrected chi connectivity index (χ2v) is 7.52. The molecule has 0 radical (unpaired) electrons. The third kappa shape index (κ3) is 4.87. The molecule has 3 aromatic carbocycles. The van der Waals surface area contributed by atoms with Crippen LogP contribution in [0.25, 0.3) is 22.4 Å². The predicted octanol–water partition coefficient (Wildman–Crippen LogP) is 3.13. The Morgan fingerprint density at radius 2 is 1.73 bits per heavy atom. The molecule has 0 bridgehead atoms. The molecular formula is C24H21N5O4. The van der Waals surface area contributed by atoms with Crippen LogP contribution in [0.1, 0.15) is 5.56 Å². The lowest BCUT2D eigenvalue weighted by Gasteiger charge is -2.22. The molecule has 0 atom stereocenters. The molecule has 9 nitrogen and oxygen atoms in total. The van der Waals surface area contributed by atoms with E-state index in [1.54, 1.807) is 16.7 Å². The Kier molecular flexibility index (Phi) is 6.12. The molecule has 1 aromatic heterocycles. The van der Waals surface area contributed by atoms with Crippen LogP contribution in [0.4, 0.5) is 5.69 Å². The number of para-hydroxylation sites is 2. The van der Waals surface area contributed by atoms with Gasteiger partial charge in [0.1, 0.15) is 12.4 Å². The number of carbonyl (C=O) groups is 2. The van der Waals surface area contributed by atoms with Gasteiger partial charge in [0.2, 0.25) is 11.8 Å². The van der Waals surface area contributed by atoms with Crippen LogP contribution in [0, 0.1) is 10.1 Å². The molecule has 0 saturated carbocycles. The highest BCUT2D eigenvalue weighted by molar-refractivity contribution is 5.87. The van der Waals surface area contributed by atoms with E-state index < -0.39 is 10.8 Å². The maximum absolute atomic E-state index is 13.3. The van der Waals surface area contributed by atoms with Gasteiger partial charge in [0.15, 0.2) is 0 Å². The van der Waals surface area contributed by atoms with Crippen molar-refractivity contribution in [3.8, 4) is 11.4 Å². The van der Waals surface area contributed by atoms with Gasteiger partial charge in [-0.1, -0.05) is 54.6 Å². The minimum Gasteiger partial charge on any atom is -0.368 e. The monoisotopic (exact) mass is 443 g/mol. The average Bonchev–Trinajstić information content (AvgIpc) is 3.17. The minimum absolute atomic E-state index is 0.0723. The highest BCUT2D eigenvalue weighted by Gasteiger charge is 2.21. The zero-order valence-corrected chi connectivity index (χ0v) is 17.6. The number of fused-ring (bicyclic) bond motifs is 1. The molecule has 0 aliphatic rings. The largest absolute Gasteiger partial charge is 0.368 e. The number of benzene rings is 3. The molecule has 166 valence electrons. The number of hydrogen-bond donors (Lipinski definition) is 1. The lowest BCUT2D eigenvalue weighted by molar-refractivity contribution is -0.384. The number of nitrogens with zero attached hydrogens (tertiary/aromatic N) is 4. The smallest absolute Gasteiger partial charge is 0.270 e. The van der Waals surface area contributed by atoms with Crippen LogP contribution in [0.3, 0.4) is 0 Å². The number of nitro groups is 1. The highest BCUT2D eigenvalue weighted by atomic mass is 16.6. The van der Waals surface area contributed by atoms with Gasteiger partial charge in [0, 0.05) is 24.2 Å². The van der Waals surface area contributed by atoms with Gasteiger partial charge in [0.25, 0.3) is 5.69 Å². The molecule has 2 amide bonds. The normalized spacial score (nSPS) is 10.8. The lowest BCUT2D eigenvalue weighted by atomic mass is 10.2. The molecule has 0 fully saturated rings. The Balaban J connectivity index is 1.73. The summed E-state index contributed by atoms with van der Waals surface area (Å²) < 4.78 is 1.70. The Morgan fingerprint density at radius 1 is 1.00 bits per heavy atom. The minimum atomic E-state index is -0.617. The van der Waals surface area contributed by atoms with Crippen molar-refractivity contribution >= 4 is 28.5 Å². The van der Waals surface area contributed by atoms with Crippen molar-refractivity contribution in [3.63, 3.8) is 0 Å². The maximum atomic E-state index is 13.3. The van der Waals surface area contributed by atoms with Crippen LogP contribution in [-0.4, -0.2) is 37.7 Å². The number of rotatable bonds is 8. The van der Waals surface area contributed by atoms with Gasteiger partial charge in [-0.25, -0.2) is 4.98 Å². The zero-order valence-electron chi connectivity index (χ0n) is 17.6. The Hall–Kier alpha value is -4.53. The van der Waals surface area contributed by atoms with E-state index >= 15 is 0 Å². The van der Waals surface area contributed by atoms with Crippen molar-refractivity contribution in [2.75, 3.05) is 6.54 Å². The summed E-state index contributed by atoms with van der Waals surface area (Å²) in [6, 6.07) is 22.7. The van der Waals surface area contributed by atoms with E-state index in [-0.39, 0.29) is 31.2 Å². The van der Waals surface area contributed by atoms with Crippen LogP contribution in [0.15, 0.2) is 78.9 Å². The number of imidazole rings is 1. The molecule has 0 aliphatic carbocycles. The zero-order chi connectivity index (χ0) is 23.4. The van der Waals surface area contributed by atoms with Crippen LogP contribution in [-0.2, 0) is 22.7 Å². The number of amides is 2. The van der Waals surface area contributed by atoms with Crippen LogP contribution in [0.2, 0.25) is 0 Å². The molecule has 4 aromatic rings. The summed E-state index contributed by atoms with van der Waals surface area (Å²) >= 11 is 0. The van der Waals surface area contributed by atoms with E-state index in [0.717, 1.165) is 5.56 Å². The Morgan fingerprint density at radius 3 is 2.45 bits per heavy atom. The van der Waals surface area contributed by atoms with E-state index in [9.17, 15) is 19.7 Å². The van der Waals surface area contributed by atoms with Crippen molar-refractivity contribution in [1.82, 2.24) is 14.5 Å². The Bertz CT molecular complexity index is 1330. The molecule has 4 rings (SSSR count). The first-order valence-electron chi connectivity index (χ1n) is 10.2. The third-order valence-corrected chi connectivity index (χ3v) is 5.18. The molecule has 1 heterocycles. The Labute approximate surface area is 189 Å². The molecule has 0 aliphatic heterocycles. The fourth-order valence-electron chi connectivity index (χ4n) is 3.67. The van der Waals surface area contributed by atoms with Gasteiger partial charge in [-0.15, -0.1) is 0 Å². The van der Waals surface area contributed by atoms with Gasteiger partial charge in [-0.2, -0.15) is 0 Å². The highest BCUT2D eigenvalue weighted by Crippen LogP contribution is 2.27. The number of primary amides is 1. The SMILES string of the molecule is NC(=O)CN(Cc1ccccc1)C(=O)Cn1c(-c2cccc([N+](=O)[O-])c2)nc2ccccc21. The first-order valence-corrected chi connectivity index (χ1v) is 10.2. The maximum Gasteiger partial charge on any atom is 0.270 e. The molecule has 0 saturated heterocycles. The fourth-order valence-corrected chi connectivity index (χ4v) is 3.67. The number of carbonyl (C=O) groups excluding carboxylic acids is 2. The van der Waals surface area contributed by atoms with Crippen molar-refractivity contribution < 1.29 is 14.5 Å². The lowest BCUT2D eigenvalue weighted by Crippen LogP contribution is -2.39. The molecule has 33 heavy (non-hydrogen) atoms. The average molecular weight is 443 g/mol. The summed E-state index contributed by atoms with van der Waals surface area (Å²) in [4.78, 5) is 41.8. The first-order chi connectivity index (χ1) is 15.9. The van der Waals surface area contributed by atoms with E-state index in [0.29, 0.717) is 22.4 Å². The summed E-state index contributed by atoms with van der Waals surface area (Å²) in [5.74, 6) is -0.520. The van der Waals surface area contributed by atoms with E-state index in [1.807, 2.05) is 54.6 Å². The first kappa shape index (κ1) is 21.7. The van der Waals surface area contributed by atoms with E-state index in [4.69, 9.17) is 5.73 Å². The number of nitro benzene ring substituents is 1. The van der Waals surface area contributed by atoms with Gasteiger partial charge in [-0.05, 0) is 17.7 Å². The quantitative estimate of drug-likeness (QED) is 0.331. The number of hydrogen-bond acceptors (Lipinski definition) is 5. The summed E-state index contributed by atoms with van der Waals surface area (Å²) in [6.07, 6.45) is 0. The molecule has 0 unspecified atom stereocenters. The van der Waals surface area contributed by atoms with Gasteiger partial charge < -0.3 is 15.2 Å². The van der Waals surface area contributed by atoms with Crippen molar-refractivity contribution in [2.45, 2.75) is 13.1 Å². The topological polar surface area (TPSA) is 124 Å². The summed E-state index contributed by atoms with van der Waals surface area (Å²) in [5.41, 5.74) is 8.05. The number of non-ortho nitro benzene ring substituents is 1. The van der Waals surface area contributed by atoms with Gasteiger partial charge in [0.05, 0.1) is 22.5 Å². The molecule has 9 heteroatoms. The second-order valence-electron chi connectivity index (χ2n) is 7.52. The molecule has 0 spiro atoms. The van der Waals surface area contributed by atoms with Gasteiger partial charge >= 0.3 is 0 Å². The standard InChI is InChI=1S/C24H21N5O4/c25-22(30)15-27(14-17-7-2-1-3-8-17)23(31)16-28-21-12-5-4-11-20(21)26-24(28)18-9-6-10-19(13-18)29(32)33/h1-13H,14-16H2,(H2,25,30). The van der Waals surface area contributed by atoms with Crippen LogP contribution in [0.5, 0.6) is 0 Å². The summed E-state index contributed by atoms with van der Waals surface area (Å²) in [7, 11) is 0. The van der Waals surface area contributed by atoms with E-state index in [1.165, 1.54) is 17.0 Å². The fraction of sp³-hybridized carbons (Fsp3) is 0.125. The molecule has 2 N–H and O–H groups in total. The van der Waals surface area contributed by atoms with Crippen molar-refractivity contribution in [2.24, 2.45) is 5.73 Å². The number of nitrogens with two attached hydrogens (primary N) is 1. The molecular weight excluding hydrogens is 422 g/mol. The van der Waals surface area contributed by atoms with Gasteiger partial charge in [-0.3, -0.25) is 19.7 Å². The summed E-state index contributed by atoms with van der Waals surface area (Å²) in [6.45, 7) is -0.119. The van der Waals surface area contributed by atoms with Crippen molar-refractivity contribution in [1.29, 1.82) is 0 Å². The predicted molar refractivity (Wildman–Crippen MR) is 123 cm³/mol. The second kappa shape index (κ2) is 9.31.